The lowest BCUT2D eigenvalue weighted by Crippen LogP contribution is -2.38. The lowest BCUT2D eigenvalue weighted by atomic mass is 9.77. The molecule has 2 unspecified atom stereocenters. The summed E-state index contributed by atoms with van der Waals surface area (Å²) in [4.78, 5) is 8.35. The minimum Gasteiger partial charge on any atom is -0.387 e. The van der Waals surface area contributed by atoms with Gasteiger partial charge in [0.1, 0.15) is 11.1 Å². The van der Waals surface area contributed by atoms with Gasteiger partial charge in [-0.1, -0.05) is 20.8 Å². The van der Waals surface area contributed by atoms with Crippen LogP contribution in [-0.4, -0.2) is 41.2 Å². The molecular weight excluding hydrogens is 284 g/mol. The first kappa shape index (κ1) is 15.4. The summed E-state index contributed by atoms with van der Waals surface area (Å²) in [6, 6.07) is 0. The van der Waals surface area contributed by atoms with Crippen LogP contribution in [0.4, 0.5) is 0 Å². The van der Waals surface area contributed by atoms with Crippen molar-refractivity contribution in [2.45, 2.75) is 52.2 Å². The van der Waals surface area contributed by atoms with Crippen molar-refractivity contribution in [2.24, 2.45) is 5.41 Å². The highest BCUT2D eigenvalue weighted by Crippen LogP contribution is 2.44. The van der Waals surface area contributed by atoms with Crippen molar-refractivity contribution < 1.29 is 9.84 Å². The molecule has 1 N–H and O–H groups in total. The highest BCUT2D eigenvalue weighted by Gasteiger charge is 2.35. The fraction of sp³-hybridized carbons (Fsp3) is 0.812. The smallest absolute Gasteiger partial charge is 0.123 e. The van der Waals surface area contributed by atoms with Gasteiger partial charge in [-0.15, -0.1) is 11.3 Å². The van der Waals surface area contributed by atoms with E-state index in [2.05, 4.69) is 25.7 Å². The lowest BCUT2D eigenvalue weighted by molar-refractivity contribution is -0.0300. The predicted molar refractivity (Wildman–Crippen MR) is 84.6 cm³/mol. The molecule has 21 heavy (non-hydrogen) atoms. The molecule has 1 saturated heterocycles. The molecule has 2 atom stereocenters. The number of thiazole rings is 1. The molecule has 1 fully saturated rings. The van der Waals surface area contributed by atoms with Crippen LogP contribution in [0, 0.1) is 5.41 Å². The van der Waals surface area contributed by atoms with E-state index >= 15 is 0 Å². The normalized spacial score (nSPS) is 29.3. The maximum Gasteiger partial charge on any atom is 0.123 e. The third-order valence-electron chi connectivity index (χ3n) is 4.40. The Bertz CT molecular complexity index is 498. The molecule has 0 radical (unpaired) electrons. The summed E-state index contributed by atoms with van der Waals surface area (Å²) in [5.41, 5.74) is 1.23. The zero-order chi connectivity index (χ0) is 15.0. The molecule has 0 amide bonds. The largest absolute Gasteiger partial charge is 0.387 e. The number of hydrogen-bond donors (Lipinski definition) is 1. The topological polar surface area (TPSA) is 45.6 Å². The Hall–Kier alpha value is -0.490. The minimum absolute atomic E-state index is 0.0798. The molecule has 0 aromatic carbocycles. The third kappa shape index (κ3) is 3.31. The van der Waals surface area contributed by atoms with Crippen LogP contribution < -0.4 is 0 Å². The molecule has 1 aliphatic heterocycles. The maximum absolute atomic E-state index is 10.4. The van der Waals surface area contributed by atoms with Crippen molar-refractivity contribution in [3.63, 3.8) is 0 Å². The van der Waals surface area contributed by atoms with Crippen LogP contribution in [0.3, 0.4) is 0 Å². The number of aromatic nitrogens is 1. The van der Waals surface area contributed by atoms with Gasteiger partial charge in [-0.05, 0) is 31.2 Å². The van der Waals surface area contributed by atoms with Crippen LogP contribution in [0.5, 0.6) is 0 Å². The van der Waals surface area contributed by atoms with Crippen LogP contribution in [0.15, 0.2) is 0 Å². The van der Waals surface area contributed by atoms with Crippen molar-refractivity contribution >= 4 is 11.3 Å². The Morgan fingerprint density at radius 2 is 2.29 bits per heavy atom. The second-order valence-corrected chi connectivity index (χ2v) is 8.15. The highest BCUT2D eigenvalue weighted by molar-refractivity contribution is 7.11. The Balaban J connectivity index is 1.78. The Labute approximate surface area is 131 Å². The fourth-order valence-corrected chi connectivity index (χ4v) is 4.53. The molecule has 2 heterocycles. The third-order valence-corrected chi connectivity index (χ3v) is 5.70. The van der Waals surface area contributed by atoms with Crippen molar-refractivity contribution in [3.05, 3.63) is 15.6 Å². The van der Waals surface area contributed by atoms with Gasteiger partial charge in [0.2, 0.25) is 0 Å². The molecule has 1 aliphatic carbocycles. The quantitative estimate of drug-likeness (QED) is 0.932. The van der Waals surface area contributed by atoms with Crippen molar-refractivity contribution in [2.75, 3.05) is 26.2 Å². The van der Waals surface area contributed by atoms with E-state index in [1.165, 1.54) is 6.42 Å². The number of rotatable bonds is 3. The number of fused-ring (bicyclic) bond motifs is 1. The summed E-state index contributed by atoms with van der Waals surface area (Å²) in [6.45, 7) is 10.5. The Morgan fingerprint density at radius 1 is 1.48 bits per heavy atom. The monoisotopic (exact) mass is 310 g/mol. The van der Waals surface area contributed by atoms with Crippen LogP contribution in [0.25, 0.3) is 0 Å². The van der Waals surface area contributed by atoms with E-state index in [1.54, 1.807) is 11.3 Å². The molecule has 1 aromatic rings. The van der Waals surface area contributed by atoms with Gasteiger partial charge in [0, 0.05) is 13.1 Å². The maximum atomic E-state index is 10.4. The zero-order valence-electron chi connectivity index (χ0n) is 13.3. The average molecular weight is 310 g/mol. The highest BCUT2D eigenvalue weighted by atomic mass is 32.1. The van der Waals surface area contributed by atoms with Gasteiger partial charge in [0.15, 0.2) is 0 Å². The predicted octanol–water partition coefficient (Wildman–Crippen LogP) is 2.93. The molecule has 1 aromatic heterocycles. The number of aliphatic hydroxyl groups excluding tert-OH is 1. The Morgan fingerprint density at radius 3 is 3.05 bits per heavy atom. The summed E-state index contributed by atoms with van der Waals surface area (Å²) in [5, 5.41) is 11.4. The second-order valence-electron chi connectivity index (χ2n) is 7.08. The summed E-state index contributed by atoms with van der Waals surface area (Å²) >= 11 is 1.66. The summed E-state index contributed by atoms with van der Waals surface area (Å²) < 4.78 is 5.93. The van der Waals surface area contributed by atoms with Gasteiger partial charge < -0.3 is 9.84 Å². The van der Waals surface area contributed by atoms with Gasteiger partial charge in [-0.25, -0.2) is 4.98 Å². The van der Waals surface area contributed by atoms with Gasteiger partial charge in [0.25, 0.3) is 0 Å². The average Bonchev–Trinajstić information content (AvgIpc) is 2.82. The van der Waals surface area contributed by atoms with E-state index in [4.69, 9.17) is 9.72 Å². The summed E-state index contributed by atoms with van der Waals surface area (Å²) in [6.07, 6.45) is 2.69. The molecule has 0 spiro atoms. The van der Waals surface area contributed by atoms with Crippen molar-refractivity contribution in [3.8, 4) is 0 Å². The van der Waals surface area contributed by atoms with E-state index in [1.807, 2.05) is 0 Å². The lowest BCUT2D eigenvalue weighted by Gasteiger charge is -2.31. The van der Waals surface area contributed by atoms with E-state index in [-0.39, 0.29) is 17.6 Å². The number of aliphatic hydroxyl groups is 1. The molecule has 3 rings (SSSR count). The van der Waals surface area contributed by atoms with Gasteiger partial charge in [-0.2, -0.15) is 0 Å². The van der Waals surface area contributed by atoms with E-state index in [9.17, 15) is 5.11 Å². The molecule has 2 aliphatic rings. The Kier molecular flexibility index (Phi) is 4.37. The minimum atomic E-state index is -0.356. The van der Waals surface area contributed by atoms with Crippen LogP contribution in [0.2, 0.25) is 0 Å². The van der Waals surface area contributed by atoms with Crippen molar-refractivity contribution in [1.82, 2.24) is 9.88 Å². The fourth-order valence-electron chi connectivity index (χ4n) is 3.42. The molecule has 118 valence electrons. The first-order valence-electron chi connectivity index (χ1n) is 8.00. The van der Waals surface area contributed by atoms with Crippen LogP contribution >= 0.6 is 11.3 Å². The van der Waals surface area contributed by atoms with E-state index in [0.717, 1.165) is 54.7 Å². The van der Waals surface area contributed by atoms with Gasteiger partial charge in [-0.3, -0.25) is 4.90 Å². The first-order valence-corrected chi connectivity index (χ1v) is 8.81. The zero-order valence-corrected chi connectivity index (χ0v) is 14.1. The SMILES string of the molecule is CCCN1CCOC(c2nc3c(s2)C(O)CC(C)(C)C3)C1. The van der Waals surface area contributed by atoms with Crippen LogP contribution in [-0.2, 0) is 11.2 Å². The summed E-state index contributed by atoms with van der Waals surface area (Å²) in [5.74, 6) is 0. The van der Waals surface area contributed by atoms with Gasteiger partial charge in [0.05, 0.1) is 23.3 Å². The van der Waals surface area contributed by atoms with Gasteiger partial charge >= 0.3 is 0 Å². The standard InChI is InChI=1S/C16H26N2O2S/c1-4-5-18-6-7-20-13(10-18)15-17-11-8-16(2,3)9-12(19)14(11)21-15/h12-13,19H,4-10H2,1-3H3. The van der Waals surface area contributed by atoms with E-state index in [0.29, 0.717) is 0 Å². The first-order chi connectivity index (χ1) is 9.98. The second kappa shape index (κ2) is 5.95. The van der Waals surface area contributed by atoms with Crippen LogP contribution in [0.1, 0.15) is 61.4 Å². The number of ether oxygens (including phenoxy) is 1. The molecule has 4 nitrogen and oxygen atoms in total. The molecular formula is C16H26N2O2S. The van der Waals surface area contributed by atoms with E-state index < -0.39 is 0 Å². The number of morpholine rings is 1. The van der Waals surface area contributed by atoms with Crippen molar-refractivity contribution in [1.29, 1.82) is 0 Å². The molecule has 0 saturated carbocycles. The number of nitrogens with zero attached hydrogens (tertiary/aromatic N) is 2. The molecule has 0 bridgehead atoms. The summed E-state index contributed by atoms with van der Waals surface area (Å²) in [7, 11) is 0. The molecule has 5 heteroatoms. The number of hydrogen-bond acceptors (Lipinski definition) is 5.